The van der Waals surface area contributed by atoms with Gasteiger partial charge in [-0.2, -0.15) is 0 Å². The van der Waals surface area contributed by atoms with Crippen LogP contribution >= 0.6 is 0 Å². The van der Waals surface area contributed by atoms with Crippen molar-refractivity contribution in [3.8, 4) is 0 Å². The van der Waals surface area contributed by atoms with E-state index in [0.29, 0.717) is 59.2 Å². The molecule has 1 saturated heterocycles. The Bertz CT molecular complexity index is 733. The highest BCUT2D eigenvalue weighted by Crippen LogP contribution is 2.31. The molecule has 1 aliphatic heterocycles. The van der Waals surface area contributed by atoms with Crippen molar-refractivity contribution in [2.24, 2.45) is 0 Å². The maximum atomic E-state index is 12.3. The summed E-state index contributed by atoms with van der Waals surface area (Å²) in [4.78, 5) is 27.7. The molecule has 1 aromatic carbocycles. The Hall–Kier alpha value is -2.24. The Morgan fingerprint density at radius 2 is 1.65 bits per heavy atom. The van der Waals surface area contributed by atoms with Crippen LogP contribution in [-0.2, 0) is 35.0 Å². The van der Waals surface area contributed by atoms with Crippen LogP contribution in [0.2, 0.25) is 0 Å². The lowest BCUT2D eigenvalue weighted by atomic mass is 10.0. The number of hydrogen-bond acceptors (Lipinski definition) is 8. The smallest absolute Gasteiger partial charge is 0.243 e. The summed E-state index contributed by atoms with van der Waals surface area (Å²) in [5, 5.41) is 11.3. The van der Waals surface area contributed by atoms with Crippen molar-refractivity contribution < 1.29 is 33.6 Å². The first kappa shape index (κ1) is 28.0. The van der Waals surface area contributed by atoms with Gasteiger partial charge in [-0.3, -0.25) is 9.59 Å². The minimum absolute atomic E-state index is 0.103. The molecule has 2 amide bonds. The molecule has 0 aliphatic carbocycles. The Kier molecular flexibility index (Phi) is 13.5. The van der Waals surface area contributed by atoms with Crippen molar-refractivity contribution in [1.29, 1.82) is 0 Å². The number of nitrogens with one attached hydrogen (secondary N) is 1. The first-order valence-electron chi connectivity index (χ1n) is 11.8. The van der Waals surface area contributed by atoms with E-state index in [1.165, 1.54) is 0 Å². The summed E-state index contributed by atoms with van der Waals surface area (Å²) in [7, 11) is 3.87. The van der Waals surface area contributed by atoms with Gasteiger partial charge in [-0.05, 0) is 43.4 Å². The first-order chi connectivity index (χ1) is 16.6. The number of aliphatic hydroxyl groups excluding tert-OH is 1. The van der Waals surface area contributed by atoms with Crippen molar-refractivity contribution >= 4 is 23.7 Å². The molecular weight excluding hydrogens is 442 g/mol. The highest BCUT2D eigenvalue weighted by atomic mass is 16.6. The number of carbonyl (C=O) groups excluding carboxylic acids is 2. The molecule has 1 aromatic rings. The van der Waals surface area contributed by atoms with Gasteiger partial charge in [-0.15, -0.1) is 0 Å². The summed E-state index contributed by atoms with van der Waals surface area (Å²) in [5.74, 6) is -0.103. The van der Waals surface area contributed by atoms with E-state index < -0.39 is 6.04 Å². The Balaban J connectivity index is 1.72. The molecule has 10 nitrogen and oxygen atoms in total. The van der Waals surface area contributed by atoms with Crippen LogP contribution in [0.25, 0.3) is 0 Å². The first-order valence-corrected chi connectivity index (χ1v) is 11.8. The highest BCUT2D eigenvalue weighted by molar-refractivity contribution is 5.95. The fraction of sp³-hybridized carbons (Fsp3) is 0.667. The number of rotatable bonds is 18. The number of amides is 2. The minimum atomic E-state index is -0.474. The van der Waals surface area contributed by atoms with Crippen molar-refractivity contribution in [2.75, 3.05) is 83.5 Å². The van der Waals surface area contributed by atoms with Crippen LogP contribution in [0.5, 0.6) is 0 Å². The number of carbonyl (C=O) groups is 2. The number of ether oxygens (including phenoxy) is 4. The third-order valence-electron chi connectivity index (χ3n) is 5.47. The molecule has 0 saturated carbocycles. The predicted molar refractivity (Wildman–Crippen MR) is 129 cm³/mol. The van der Waals surface area contributed by atoms with Gasteiger partial charge in [0.05, 0.1) is 51.0 Å². The summed E-state index contributed by atoms with van der Waals surface area (Å²) < 4.78 is 21.1. The molecule has 0 spiro atoms. The van der Waals surface area contributed by atoms with Gasteiger partial charge in [0.2, 0.25) is 12.3 Å². The van der Waals surface area contributed by atoms with Gasteiger partial charge >= 0.3 is 0 Å². The zero-order valence-electron chi connectivity index (χ0n) is 20.4. The quantitative estimate of drug-likeness (QED) is 0.181. The van der Waals surface area contributed by atoms with Crippen LogP contribution < -0.4 is 15.1 Å². The molecule has 1 aliphatic rings. The van der Waals surface area contributed by atoms with E-state index in [1.54, 1.807) is 4.90 Å². The lowest BCUT2D eigenvalue weighted by molar-refractivity contribution is -0.125. The van der Waals surface area contributed by atoms with Gasteiger partial charge in [0.15, 0.2) is 0 Å². The second kappa shape index (κ2) is 16.4. The van der Waals surface area contributed by atoms with Gasteiger partial charge < -0.3 is 39.2 Å². The second-order valence-corrected chi connectivity index (χ2v) is 8.16. The van der Waals surface area contributed by atoms with Crippen molar-refractivity contribution in [3.05, 3.63) is 23.8 Å². The average Bonchev–Trinajstić information content (AvgIpc) is 2.84. The Morgan fingerprint density at radius 3 is 2.24 bits per heavy atom. The van der Waals surface area contributed by atoms with Crippen LogP contribution in [0.15, 0.2) is 18.2 Å². The maximum Gasteiger partial charge on any atom is 0.243 e. The monoisotopic (exact) mass is 481 g/mol. The van der Waals surface area contributed by atoms with E-state index in [4.69, 9.17) is 24.1 Å². The highest BCUT2D eigenvalue weighted by Gasteiger charge is 2.30. The lowest BCUT2D eigenvalue weighted by Gasteiger charge is -2.33. The second-order valence-electron chi connectivity index (χ2n) is 8.16. The van der Waals surface area contributed by atoms with Crippen molar-refractivity contribution in [3.63, 3.8) is 0 Å². The van der Waals surface area contributed by atoms with E-state index in [1.807, 2.05) is 31.1 Å². The molecule has 0 aromatic heterocycles. The average molecular weight is 482 g/mol. The van der Waals surface area contributed by atoms with Crippen molar-refractivity contribution in [1.82, 2.24) is 5.32 Å². The SMILES string of the molecule is CN(C)c1cc(CCCOCCOCCOCCOCO)ccc1N(C=O)C1CCCNC1=O. The zero-order valence-corrected chi connectivity index (χ0v) is 20.4. The molecule has 34 heavy (non-hydrogen) atoms. The minimum Gasteiger partial charge on any atom is -0.379 e. The van der Waals surface area contributed by atoms with Gasteiger partial charge in [-0.1, -0.05) is 6.07 Å². The molecule has 2 N–H and O–H groups in total. The summed E-state index contributed by atoms with van der Waals surface area (Å²) in [6, 6.07) is 5.53. The standard InChI is InChI=1S/C24H39N3O7/c1-26(2)23-17-20(5-4-10-31-11-12-32-13-14-33-15-16-34-19-29)7-8-21(23)27(18-28)22-6-3-9-25-24(22)30/h7-8,17-18,22,29H,3-6,9-16,19H2,1-2H3,(H,25,30). The van der Waals surface area contributed by atoms with E-state index in [0.717, 1.165) is 42.6 Å². The van der Waals surface area contributed by atoms with E-state index in [-0.39, 0.29) is 12.7 Å². The molecule has 1 atom stereocenters. The van der Waals surface area contributed by atoms with E-state index >= 15 is 0 Å². The van der Waals surface area contributed by atoms with Gasteiger partial charge in [0.25, 0.3) is 0 Å². The fourth-order valence-corrected chi connectivity index (χ4v) is 3.72. The Morgan fingerprint density at radius 1 is 1.00 bits per heavy atom. The number of piperidine rings is 1. The van der Waals surface area contributed by atoms with Crippen LogP contribution in [0, 0.1) is 0 Å². The van der Waals surface area contributed by atoms with Crippen LogP contribution in [0.4, 0.5) is 11.4 Å². The number of aryl methyl sites for hydroxylation is 1. The molecule has 2 rings (SSSR count). The van der Waals surface area contributed by atoms with E-state index in [9.17, 15) is 9.59 Å². The number of nitrogens with zero attached hydrogens (tertiary/aromatic N) is 2. The van der Waals surface area contributed by atoms with Crippen LogP contribution in [0.3, 0.4) is 0 Å². The third-order valence-corrected chi connectivity index (χ3v) is 5.47. The number of aliphatic hydroxyl groups is 1. The molecule has 1 heterocycles. The molecule has 1 unspecified atom stereocenters. The Labute approximate surface area is 202 Å². The molecule has 0 bridgehead atoms. The summed E-state index contributed by atoms with van der Waals surface area (Å²) in [5.41, 5.74) is 2.79. The van der Waals surface area contributed by atoms with Gasteiger partial charge in [0.1, 0.15) is 12.8 Å². The predicted octanol–water partition coefficient (Wildman–Crippen LogP) is 0.943. The lowest BCUT2D eigenvalue weighted by Crippen LogP contribution is -2.50. The summed E-state index contributed by atoms with van der Waals surface area (Å²) >= 11 is 0. The normalized spacial score (nSPS) is 15.7. The van der Waals surface area contributed by atoms with Crippen LogP contribution in [0.1, 0.15) is 24.8 Å². The van der Waals surface area contributed by atoms with Crippen LogP contribution in [-0.4, -0.2) is 97.1 Å². The maximum absolute atomic E-state index is 12.3. The topological polar surface area (TPSA) is 110 Å². The largest absolute Gasteiger partial charge is 0.379 e. The number of anilines is 2. The zero-order chi connectivity index (χ0) is 24.6. The number of hydrogen-bond donors (Lipinski definition) is 2. The molecular formula is C24H39N3O7. The molecule has 0 radical (unpaired) electrons. The summed E-state index contributed by atoms with van der Waals surface area (Å²) in [6.45, 7) is 3.78. The third kappa shape index (κ3) is 9.55. The number of benzene rings is 1. The molecule has 192 valence electrons. The molecule has 1 fully saturated rings. The van der Waals surface area contributed by atoms with Gasteiger partial charge in [0, 0.05) is 27.2 Å². The fourth-order valence-electron chi connectivity index (χ4n) is 3.72. The van der Waals surface area contributed by atoms with E-state index in [2.05, 4.69) is 11.4 Å². The molecule has 10 heteroatoms. The summed E-state index contributed by atoms with van der Waals surface area (Å²) in [6.07, 6.45) is 3.98. The van der Waals surface area contributed by atoms with Crippen molar-refractivity contribution in [2.45, 2.75) is 31.7 Å². The van der Waals surface area contributed by atoms with Gasteiger partial charge in [-0.25, -0.2) is 0 Å².